The summed E-state index contributed by atoms with van der Waals surface area (Å²) in [6, 6.07) is 1.26. The van der Waals surface area contributed by atoms with Crippen LogP contribution in [-0.2, 0) is 9.53 Å². The average molecular weight is 266 g/mol. The molecule has 0 aromatic carbocycles. The van der Waals surface area contributed by atoms with E-state index in [1.54, 1.807) is 0 Å². The van der Waals surface area contributed by atoms with E-state index in [4.69, 9.17) is 9.84 Å². The lowest BCUT2D eigenvalue weighted by molar-refractivity contribution is -0.129. The maximum Gasteiger partial charge on any atom is 0.416 e. The number of cyclic esters (lactones) is 1. The van der Waals surface area contributed by atoms with Gasteiger partial charge >= 0.3 is 12.1 Å². The number of carboxylic acid groups (broad SMARTS) is 1. The van der Waals surface area contributed by atoms with Gasteiger partial charge in [0.05, 0.1) is 12.7 Å². The molecule has 2 heterocycles. The molecule has 0 radical (unpaired) electrons. The highest BCUT2D eigenvalue weighted by atomic mass is 16.6. The van der Waals surface area contributed by atoms with Gasteiger partial charge in [0.25, 0.3) is 5.91 Å². The fourth-order valence-electron chi connectivity index (χ4n) is 1.51. The average Bonchev–Trinajstić information content (AvgIpc) is 2.82. The van der Waals surface area contributed by atoms with E-state index in [1.807, 2.05) is 0 Å². The second-order valence-corrected chi connectivity index (χ2v) is 3.63. The van der Waals surface area contributed by atoms with Gasteiger partial charge in [0.15, 0.2) is 12.4 Å². The Morgan fingerprint density at radius 1 is 1.53 bits per heavy atom. The minimum atomic E-state index is -1.19. The summed E-state index contributed by atoms with van der Waals surface area (Å²) in [6.07, 6.45) is 1.77. The number of carbonyl (C=O) groups is 3. The van der Waals surface area contributed by atoms with Gasteiger partial charge in [-0.05, 0) is 6.07 Å². The first-order valence-corrected chi connectivity index (χ1v) is 5.37. The van der Waals surface area contributed by atoms with E-state index < -0.39 is 24.6 Å². The van der Waals surface area contributed by atoms with Gasteiger partial charge in [-0.1, -0.05) is 0 Å². The van der Waals surface area contributed by atoms with Crippen LogP contribution in [0.3, 0.4) is 0 Å². The van der Waals surface area contributed by atoms with Gasteiger partial charge in [0, 0.05) is 6.20 Å². The second-order valence-electron chi connectivity index (χ2n) is 3.63. The molecule has 8 heteroatoms. The number of hydrogen-bond acceptors (Lipinski definition) is 6. The van der Waals surface area contributed by atoms with Crippen molar-refractivity contribution in [1.29, 1.82) is 0 Å². The van der Waals surface area contributed by atoms with E-state index in [1.165, 1.54) is 18.5 Å². The summed E-state index contributed by atoms with van der Waals surface area (Å²) in [5.41, 5.74) is -0.105. The molecule has 0 unspecified atom stereocenters. The monoisotopic (exact) mass is 266 g/mol. The van der Waals surface area contributed by atoms with E-state index in [-0.39, 0.29) is 24.5 Å². The summed E-state index contributed by atoms with van der Waals surface area (Å²) in [7, 11) is 0. The van der Waals surface area contributed by atoms with Crippen LogP contribution < -0.4 is 4.74 Å². The number of imide groups is 1. The lowest BCUT2D eigenvalue weighted by Crippen LogP contribution is -2.35. The number of ether oxygens (including phenoxy) is 2. The SMILES string of the molecule is O=C(O)c1ccncc1OCC(=O)N1CCOC1=O. The largest absolute Gasteiger partial charge is 0.481 e. The fraction of sp³-hybridized carbons (Fsp3) is 0.273. The molecule has 0 atom stereocenters. The molecule has 0 spiro atoms. The van der Waals surface area contributed by atoms with Crippen LogP contribution in [0.25, 0.3) is 0 Å². The molecular formula is C11H10N2O6. The molecule has 2 amide bonds. The quantitative estimate of drug-likeness (QED) is 0.825. The van der Waals surface area contributed by atoms with Crippen molar-refractivity contribution in [3.8, 4) is 5.75 Å². The maximum atomic E-state index is 11.6. The third-order valence-electron chi connectivity index (χ3n) is 2.43. The fourth-order valence-corrected chi connectivity index (χ4v) is 1.51. The van der Waals surface area contributed by atoms with Crippen molar-refractivity contribution in [2.24, 2.45) is 0 Å². The molecule has 1 N–H and O–H groups in total. The summed E-state index contributed by atoms with van der Waals surface area (Å²) in [4.78, 5) is 38.3. The van der Waals surface area contributed by atoms with Gasteiger partial charge in [-0.15, -0.1) is 0 Å². The van der Waals surface area contributed by atoms with Crippen LogP contribution in [0.1, 0.15) is 10.4 Å². The Labute approximate surface area is 107 Å². The summed E-state index contributed by atoms with van der Waals surface area (Å²) < 4.78 is 9.68. The number of rotatable bonds is 4. The molecule has 1 aromatic heterocycles. The minimum Gasteiger partial charge on any atom is -0.481 e. The van der Waals surface area contributed by atoms with Crippen LogP contribution in [0.2, 0.25) is 0 Å². The summed E-state index contributed by atoms with van der Waals surface area (Å²) in [6.45, 7) is -0.140. The molecule has 100 valence electrons. The molecular weight excluding hydrogens is 256 g/mol. The molecule has 19 heavy (non-hydrogen) atoms. The van der Waals surface area contributed by atoms with Gasteiger partial charge in [-0.25, -0.2) is 14.5 Å². The van der Waals surface area contributed by atoms with Crippen LogP contribution in [0, 0.1) is 0 Å². The highest BCUT2D eigenvalue weighted by Crippen LogP contribution is 2.16. The number of pyridine rings is 1. The Kier molecular flexibility index (Phi) is 3.60. The third kappa shape index (κ3) is 2.79. The number of aromatic carboxylic acids is 1. The highest BCUT2D eigenvalue weighted by Gasteiger charge is 2.28. The Morgan fingerprint density at radius 3 is 2.95 bits per heavy atom. The standard InChI is InChI=1S/C11H10N2O6/c14-9(13-3-4-18-11(13)17)6-19-8-5-12-2-1-7(8)10(15)16/h1-2,5H,3-4,6H2,(H,15,16). The zero-order valence-electron chi connectivity index (χ0n) is 9.74. The van der Waals surface area contributed by atoms with E-state index in [0.717, 1.165) is 4.90 Å². The molecule has 1 aliphatic rings. The number of carboxylic acids is 1. The lowest BCUT2D eigenvalue weighted by Gasteiger charge is -2.12. The van der Waals surface area contributed by atoms with Gasteiger partial charge in [0.2, 0.25) is 0 Å². The zero-order chi connectivity index (χ0) is 13.8. The van der Waals surface area contributed by atoms with Crippen LogP contribution in [-0.4, -0.2) is 52.7 Å². The first-order valence-electron chi connectivity index (χ1n) is 5.37. The Bertz CT molecular complexity index is 530. The number of hydrogen-bond donors (Lipinski definition) is 1. The third-order valence-corrected chi connectivity index (χ3v) is 2.43. The van der Waals surface area contributed by atoms with Crippen LogP contribution in [0.15, 0.2) is 18.5 Å². The van der Waals surface area contributed by atoms with Crippen molar-refractivity contribution in [2.45, 2.75) is 0 Å². The molecule has 0 bridgehead atoms. The van der Waals surface area contributed by atoms with Gasteiger partial charge < -0.3 is 14.6 Å². The second kappa shape index (κ2) is 5.34. The smallest absolute Gasteiger partial charge is 0.416 e. The van der Waals surface area contributed by atoms with Crippen LogP contribution in [0.5, 0.6) is 5.75 Å². The van der Waals surface area contributed by atoms with E-state index in [0.29, 0.717) is 0 Å². The molecule has 2 rings (SSSR count). The number of carbonyl (C=O) groups excluding carboxylic acids is 2. The Morgan fingerprint density at radius 2 is 2.32 bits per heavy atom. The zero-order valence-corrected chi connectivity index (χ0v) is 9.74. The highest BCUT2D eigenvalue weighted by molar-refractivity contribution is 5.94. The summed E-state index contributed by atoms with van der Waals surface area (Å²) in [5, 5.41) is 8.91. The first-order chi connectivity index (χ1) is 9.09. The van der Waals surface area contributed by atoms with Crippen molar-refractivity contribution in [3.63, 3.8) is 0 Å². The molecule has 0 aliphatic carbocycles. The number of amides is 2. The Hall–Kier alpha value is -2.64. The van der Waals surface area contributed by atoms with Gasteiger partial charge in [0.1, 0.15) is 12.2 Å². The Balaban J connectivity index is 2.01. The van der Waals surface area contributed by atoms with E-state index in [9.17, 15) is 14.4 Å². The van der Waals surface area contributed by atoms with Crippen molar-refractivity contribution in [3.05, 3.63) is 24.0 Å². The molecule has 1 aromatic rings. The first kappa shape index (κ1) is 12.8. The summed E-state index contributed by atoms with van der Waals surface area (Å²) in [5.74, 6) is -1.82. The number of aromatic nitrogens is 1. The molecule has 0 saturated carbocycles. The molecule has 1 aliphatic heterocycles. The topological polar surface area (TPSA) is 106 Å². The van der Waals surface area contributed by atoms with Gasteiger partial charge in [-0.2, -0.15) is 0 Å². The normalized spacial score (nSPS) is 14.1. The minimum absolute atomic E-state index is 0.0316. The maximum absolute atomic E-state index is 11.6. The van der Waals surface area contributed by atoms with Crippen molar-refractivity contribution in [1.82, 2.24) is 9.88 Å². The molecule has 1 fully saturated rings. The van der Waals surface area contributed by atoms with Crippen molar-refractivity contribution in [2.75, 3.05) is 19.8 Å². The predicted octanol–water partition coefficient (Wildman–Crippen LogP) is 0.137. The number of nitrogens with zero attached hydrogens (tertiary/aromatic N) is 2. The summed E-state index contributed by atoms with van der Waals surface area (Å²) >= 11 is 0. The van der Waals surface area contributed by atoms with Crippen LogP contribution >= 0.6 is 0 Å². The van der Waals surface area contributed by atoms with E-state index in [2.05, 4.69) is 9.72 Å². The predicted molar refractivity (Wildman–Crippen MR) is 59.8 cm³/mol. The van der Waals surface area contributed by atoms with Crippen LogP contribution in [0.4, 0.5) is 4.79 Å². The van der Waals surface area contributed by atoms with Gasteiger partial charge in [-0.3, -0.25) is 9.78 Å². The lowest BCUT2D eigenvalue weighted by atomic mass is 10.2. The molecule has 8 nitrogen and oxygen atoms in total. The molecule has 1 saturated heterocycles. The van der Waals surface area contributed by atoms with Crippen molar-refractivity contribution < 1.29 is 29.0 Å². The van der Waals surface area contributed by atoms with Crippen molar-refractivity contribution >= 4 is 18.0 Å². The van der Waals surface area contributed by atoms with E-state index >= 15 is 0 Å².